The van der Waals surface area contributed by atoms with Crippen LogP contribution in [-0.2, 0) is 18.3 Å². The Labute approximate surface area is 124 Å². The molecule has 0 aliphatic heterocycles. The molecule has 0 bridgehead atoms. The van der Waals surface area contributed by atoms with E-state index in [-0.39, 0.29) is 5.41 Å². The first-order chi connectivity index (χ1) is 9.55. The Morgan fingerprint density at radius 1 is 1.25 bits per heavy atom. The monoisotopic (exact) mass is 290 g/mol. The third kappa shape index (κ3) is 3.58. The van der Waals surface area contributed by atoms with Crippen LogP contribution in [0.15, 0.2) is 29.6 Å². The second-order valence-corrected chi connectivity index (χ2v) is 6.45. The summed E-state index contributed by atoms with van der Waals surface area (Å²) < 4.78 is 5.19. The number of methoxy groups -OCH3 is 1. The Morgan fingerprint density at radius 2 is 1.95 bits per heavy atom. The Morgan fingerprint density at radius 3 is 2.55 bits per heavy atom. The Hall–Kier alpha value is -1.39. The summed E-state index contributed by atoms with van der Waals surface area (Å²) in [4.78, 5) is 4.72. The van der Waals surface area contributed by atoms with Crippen molar-refractivity contribution in [3.63, 3.8) is 0 Å². The van der Waals surface area contributed by atoms with Crippen molar-refractivity contribution in [1.82, 2.24) is 4.98 Å². The van der Waals surface area contributed by atoms with Crippen LogP contribution in [0.4, 0.5) is 0 Å². The summed E-state index contributed by atoms with van der Waals surface area (Å²) in [6.45, 7) is 5.13. The minimum absolute atomic E-state index is 0.0338. The van der Waals surface area contributed by atoms with Crippen LogP contribution in [0.1, 0.15) is 30.1 Å². The van der Waals surface area contributed by atoms with Crippen LogP contribution in [0, 0.1) is 0 Å². The van der Waals surface area contributed by atoms with E-state index < -0.39 is 0 Å². The molecule has 0 atom stereocenters. The molecule has 0 saturated carbocycles. The highest BCUT2D eigenvalue weighted by Crippen LogP contribution is 2.30. The summed E-state index contributed by atoms with van der Waals surface area (Å²) in [6, 6.07) is 8.25. The molecular formula is C16H22N2OS. The van der Waals surface area contributed by atoms with Crippen LogP contribution in [0.25, 0.3) is 0 Å². The maximum atomic E-state index is 5.58. The van der Waals surface area contributed by atoms with Gasteiger partial charge >= 0.3 is 0 Å². The van der Waals surface area contributed by atoms with E-state index in [0.29, 0.717) is 6.54 Å². The van der Waals surface area contributed by atoms with Crippen molar-refractivity contribution in [2.75, 3.05) is 13.7 Å². The molecule has 2 rings (SSSR count). The van der Waals surface area contributed by atoms with Gasteiger partial charge < -0.3 is 10.5 Å². The molecule has 0 aliphatic rings. The Bertz CT molecular complexity index is 546. The maximum Gasteiger partial charge on any atom is 0.118 e. The molecule has 0 fully saturated rings. The molecule has 3 nitrogen and oxygen atoms in total. The molecule has 20 heavy (non-hydrogen) atoms. The minimum Gasteiger partial charge on any atom is -0.497 e. The Balaban J connectivity index is 2.11. The van der Waals surface area contributed by atoms with Gasteiger partial charge in [0.25, 0.3) is 0 Å². The highest BCUT2D eigenvalue weighted by atomic mass is 32.1. The van der Waals surface area contributed by atoms with Crippen molar-refractivity contribution in [3.8, 4) is 5.75 Å². The highest BCUT2D eigenvalue weighted by molar-refractivity contribution is 7.09. The summed E-state index contributed by atoms with van der Waals surface area (Å²) in [6.07, 6.45) is 1.82. The van der Waals surface area contributed by atoms with Crippen LogP contribution in [0.3, 0.4) is 0 Å². The van der Waals surface area contributed by atoms with Gasteiger partial charge in [0.2, 0.25) is 0 Å². The summed E-state index contributed by atoms with van der Waals surface area (Å²) >= 11 is 1.73. The van der Waals surface area contributed by atoms with E-state index in [9.17, 15) is 0 Å². The molecule has 1 heterocycles. The fourth-order valence-electron chi connectivity index (χ4n) is 2.21. The van der Waals surface area contributed by atoms with Gasteiger partial charge in [-0.1, -0.05) is 26.0 Å². The molecule has 0 amide bonds. The van der Waals surface area contributed by atoms with E-state index in [4.69, 9.17) is 15.5 Å². The lowest BCUT2D eigenvalue weighted by atomic mass is 9.86. The third-order valence-corrected chi connectivity index (χ3v) is 4.59. The number of hydrogen-bond donors (Lipinski definition) is 1. The molecule has 0 radical (unpaired) electrons. The zero-order valence-corrected chi connectivity index (χ0v) is 13.2. The van der Waals surface area contributed by atoms with Crippen molar-refractivity contribution in [1.29, 1.82) is 0 Å². The van der Waals surface area contributed by atoms with Gasteiger partial charge in [0.1, 0.15) is 5.75 Å². The normalized spacial score (nSPS) is 11.6. The maximum absolute atomic E-state index is 5.58. The lowest BCUT2D eigenvalue weighted by molar-refractivity contribution is 0.414. The van der Waals surface area contributed by atoms with Crippen LogP contribution in [-0.4, -0.2) is 18.6 Å². The quantitative estimate of drug-likeness (QED) is 0.889. The van der Waals surface area contributed by atoms with Crippen LogP contribution >= 0.6 is 11.3 Å². The minimum atomic E-state index is 0.0338. The zero-order valence-electron chi connectivity index (χ0n) is 12.3. The number of aromatic nitrogens is 1. The molecule has 0 unspecified atom stereocenters. The van der Waals surface area contributed by atoms with Crippen LogP contribution < -0.4 is 10.5 Å². The van der Waals surface area contributed by atoms with Crippen LogP contribution in [0.2, 0.25) is 0 Å². The Kier molecular flexibility index (Phi) is 4.78. The van der Waals surface area contributed by atoms with E-state index in [1.165, 1.54) is 10.6 Å². The topological polar surface area (TPSA) is 48.1 Å². The lowest BCUT2D eigenvalue weighted by Gasteiger charge is -2.22. The number of hydrogen-bond acceptors (Lipinski definition) is 4. The van der Waals surface area contributed by atoms with E-state index in [1.54, 1.807) is 18.4 Å². The van der Waals surface area contributed by atoms with Crippen LogP contribution in [0.5, 0.6) is 5.75 Å². The van der Waals surface area contributed by atoms with Crippen molar-refractivity contribution >= 4 is 11.3 Å². The van der Waals surface area contributed by atoms with Gasteiger partial charge in [-0.05, 0) is 30.7 Å². The largest absolute Gasteiger partial charge is 0.497 e. The summed E-state index contributed by atoms with van der Waals surface area (Å²) in [5.74, 6) is 0.894. The smallest absolute Gasteiger partial charge is 0.118 e. The molecule has 2 N–H and O–H groups in total. The SMILES string of the molecule is COc1ccc(CC(C)(C)c2nc(CCN)cs2)cc1. The molecular weight excluding hydrogens is 268 g/mol. The molecule has 0 saturated heterocycles. The average molecular weight is 290 g/mol. The first kappa shape index (κ1) is 15.0. The second kappa shape index (κ2) is 6.37. The van der Waals surface area contributed by atoms with E-state index >= 15 is 0 Å². The van der Waals surface area contributed by atoms with E-state index in [1.807, 2.05) is 12.1 Å². The predicted molar refractivity (Wildman–Crippen MR) is 84.6 cm³/mol. The van der Waals surface area contributed by atoms with Gasteiger partial charge in [0.15, 0.2) is 0 Å². The molecule has 4 heteroatoms. The summed E-state index contributed by atoms with van der Waals surface area (Å²) in [5, 5.41) is 3.30. The number of nitrogens with zero attached hydrogens (tertiary/aromatic N) is 1. The van der Waals surface area contributed by atoms with Gasteiger partial charge in [0, 0.05) is 17.2 Å². The predicted octanol–water partition coefficient (Wildman–Crippen LogP) is 3.17. The third-order valence-electron chi connectivity index (χ3n) is 3.34. The summed E-state index contributed by atoms with van der Waals surface area (Å²) in [7, 11) is 1.69. The molecule has 0 aliphatic carbocycles. The number of rotatable bonds is 6. The second-order valence-electron chi connectivity index (χ2n) is 5.59. The zero-order chi connectivity index (χ0) is 14.6. The highest BCUT2D eigenvalue weighted by Gasteiger charge is 2.24. The van der Waals surface area contributed by atoms with Gasteiger partial charge in [0.05, 0.1) is 17.8 Å². The lowest BCUT2D eigenvalue weighted by Crippen LogP contribution is -2.20. The van der Waals surface area contributed by atoms with Crippen molar-refractivity contribution < 1.29 is 4.74 Å². The fourth-order valence-corrected chi connectivity index (χ4v) is 3.19. The van der Waals surface area contributed by atoms with Crippen molar-refractivity contribution in [2.45, 2.75) is 32.1 Å². The number of thiazole rings is 1. The number of ether oxygens (including phenoxy) is 1. The number of nitrogens with two attached hydrogens (primary N) is 1. The van der Waals surface area contributed by atoms with Crippen molar-refractivity contribution in [3.05, 3.63) is 45.9 Å². The first-order valence-corrected chi connectivity index (χ1v) is 7.71. The average Bonchev–Trinajstić information content (AvgIpc) is 2.89. The standard InChI is InChI=1S/C16H22N2OS/c1-16(2,15-18-13(8-9-17)11-20-15)10-12-4-6-14(19-3)7-5-12/h4-7,11H,8-10,17H2,1-3H3. The van der Waals surface area contributed by atoms with E-state index in [2.05, 4.69) is 31.4 Å². The number of benzene rings is 1. The summed E-state index contributed by atoms with van der Waals surface area (Å²) in [5.41, 5.74) is 8.02. The molecule has 1 aromatic carbocycles. The van der Waals surface area contributed by atoms with Gasteiger partial charge in [-0.2, -0.15) is 0 Å². The van der Waals surface area contributed by atoms with Crippen molar-refractivity contribution in [2.24, 2.45) is 5.73 Å². The molecule has 1 aromatic heterocycles. The molecule has 2 aromatic rings. The van der Waals surface area contributed by atoms with Gasteiger partial charge in [-0.3, -0.25) is 0 Å². The fraction of sp³-hybridized carbons (Fsp3) is 0.438. The molecule has 0 spiro atoms. The van der Waals surface area contributed by atoms with Gasteiger partial charge in [-0.15, -0.1) is 11.3 Å². The van der Waals surface area contributed by atoms with Gasteiger partial charge in [-0.25, -0.2) is 4.98 Å². The molecule has 108 valence electrons. The first-order valence-electron chi connectivity index (χ1n) is 6.83. The van der Waals surface area contributed by atoms with E-state index in [0.717, 1.165) is 24.3 Å².